The molecule has 8 aromatic rings. The topological polar surface area (TPSA) is 36.7 Å². The Labute approximate surface area is 251 Å². The molecule has 0 fully saturated rings. The van der Waals surface area contributed by atoms with Gasteiger partial charge in [0.15, 0.2) is 0 Å². The SMILES string of the molecule is N#Cc1ccc(-c2ccc(-c3cc(-c4ccc5c(c4)sc4ccccc45)cc(-c4nc5ccccc5s4)c3)cc2)cc1. The summed E-state index contributed by atoms with van der Waals surface area (Å²) in [4.78, 5) is 5.00. The maximum atomic E-state index is 9.14. The first-order chi connectivity index (χ1) is 20.7. The fraction of sp³-hybridized carbons (Fsp3) is 0. The van der Waals surface area contributed by atoms with Crippen LogP contribution in [0.2, 0.25) is 0 Å². The molecule has 196 valence electrons. The molecule has 2 heterocycles. The third-order valence-electron chi connectivity index (χ3n) is 7.75. The lowest BCUT2D eigenvalue weighted by Crippen LogP contribution is -1.86. The average Bonchev–Trinajstić information content (AvgIpc) is 3.66. The summed E-state index contributed by atoms with van der Waals surface area (Å²) in [5.41, 5.74) is 9.73. The van der Waals surface area contributed by atoms with E-state index in [0.29, 0.717) is 5.56 Å². The van der Waals surface area contributed by atoms with Crippen LogP contribution in [0.5, 0.6) is 0 Å². The smallest absolute Gasteiger partial charge is 0.124 e. The summed E-state index contributed by atoms with van der Waals surface area (Å²) >= 11 is 3.58. The summed E-state index contributed by atoms with van der Waals surface area (Å²) in [6.45, 7) is 0. The van der Waals surface area contributed by atoms with E-state index in [9.17, 15) is 0 Å². The molecule has 0 aliphatic carbocycles. The monoisotopic (exact) mass is 570 g/mol. The molecule has 0 saturated carbocycles. The van der Waals surface area contributed by atoms with Gasteiger partial charge in [0.2, 0.25) is 0 Å². The maximum absolute atomic E-state index is 9.14. The standard InChI is InChI=1S/C38H22N2S2/c39-23-24-9-11-25(12-10-24)26-13-15-27(16-14-26)29-19-30(21-31(20-29)38-40-34-6-2-4-8-36(34)42-38)28-17-18-33-32-5-1-3-7-35(32)41-37(33)22-28/h1-22H. The summed E-state index contributed by atoms with van der Waals surface area (Å²) in [5, 5.41) is 12.8. The van der Waals surface area contributed by atoms with Gasteiger partial charge < -0.3 is 0 Å². The number of fused-ring (bicyclic) bond motifs is 4. The Bertz CT molecular complexity index is 2270. The molecule has 0 unspecified atom stereocenters. The van der Waals surface area contributed by atoms with E-state index in [2.05, 4.69) is 109 Å². The molecule has 0 spiro atoms. The van der Waals surface area contributed by atoms with Crippen LogP contribution in [-0.2, 0) is 0 Å². The highest BCUT2D eigenvalue weighted by Gasteiger charge is 2.13. The molecule has 42 heavy (non-hydrogen) atoms. The third-order valence-corrected chi connectivity index (χ3v) is 9.97. The van der Waals surface area contributed by atoms with Crippen LogP contribution in [0.4, 0.5) is 0 Å². The normalized spacial score (nSPS) is 11.3. The van der Waals surface area contributed by atoms with Crippen LogP contribution in [-0.4, -0.2) is 4.98 Å². The summed E-state index contributed by atoms with van der Waals surface area (Å²) in [7, 11) is 0. The molecule has 6 aromatic carbocycles. The molecule has 0 amide bonds. The molecule has 0 radical (unpaired) electrons. The van der Waals surface area contributed by atoms with Gasteiger partial charge in [-0.05, 0) is 88.0 Å². The number of hydrogen-bond acceptors (Lipinski definition) is 4. The number of thiophene rings is 1. The van der Waals surface area contributed by atoms with Crippen molar-refractivity contribution in [2.45, 2.75) is 0 Å². The Morgan fingerprint density at radius 2 is 1.02 bits per heavy atom. The van der Waals surface area contributed by atoms with Crippen molar-refractivity contribution < 1.29 is 0 Å². The van der Waals surface area contributed by atoms with E-state index >= 15 is 0 Å². The van der Waals surface area contributed by atoms with E-state index in [1.54, 1.807) is 11.3 Å². The minimum atomic E-state index is 0.670. The predicted molar refractivity (Wildman–Crippen MR) is 179 cm³/mol. The predicted octanol–water partition coefficient (Wildman–Crippen LogP) is 11.2. The van der Waals surface area contributed by atoms with E-state index in [1.165, 1.54) is 36.0 Å². The Morgan fingerprint density at radius 1 is 0.452 bits per heavy atom. The number of benzene rings is 6. The fourth-order valence-corrected chi connectivity index (χ4v) is 7.68. The Morgan fingerprint density at radius 3 is 1.76 bits per heavy atom. The van der Waals surface area contributed by atoms with Crippen molar-refractivity contribution >= 4 is 53.1 Å². The van der Waals surface area contributed by atoms with Gasteiger partial charge in [0, 0.05) is 25.7 Å². The zero-order chi connectivity index (χ0) is 28.0. The highest BCUT2D eigenvalue weighted by atomic mass is 32.1. The van der Waals surface area contributed by atoms with Crippen LogP contribution < -0.4 is 0 Å². The van der Waals surface area contributed by atoms with Gasteiger partial charge in [-0.2, -0.15) is 5.26 Å². The third kappa shape index (κ3) is 4.37. The van der Waals surface area contributed by atoms with Crippen molar-refractivity contribution in [2.75, 3.05) is 0 Å². The molecule has 4 heteroatoms. The van der Waals surface area contributed by atoms with Gasteiger partial charge in [-0.3, -0.25) is 0 Å². The van der Waals surface area contributed by atoms with E-state index in [1.807, 2.05) is 41.7 Å². The molecule has 0 N–H and O–H groups in total. The van der Waals surface area contributed by atoms with Crippen molar-refractivity contribution in [3.63, 3.8) is 0 Å². The van der Waals surface area contributed by atoms with Crippen LogP contribution >= 0.6 is 22.7 Å². The lowest BCUT2D eigenvalue weighted by molar-refractivity contribution is 1.47. The fourth-order valence-electron chi connectivity index (χ4n) is 5.58. The van der Waals surface area contributed by atoms with Crippen molar-refractivity contribution in [3.8, 4) is 50.0 Å². The summed E-state index contributed by atoms with van der Waals surface area (Å²) in [5.74, 6) is 0. The molecule has 2 aromatic heterocycles. The molecule has 0 saturated heterocycles. The van der Waals surface area contributed by atoms with Crippen LogP contribution in [0, 0.1) is 11.3 Å². The second-order valence-electron chi connectivity index (χ2n) is 10.4. The first kappa shape index (κ1) is 24.7. The lowest BCUT2D eigenvalue weighted by Gasteiger charge is -2.11. The van der Waals surface area contributed by atoms with Gasteiger partial charge in [0.1, 0.15) is 5.01 Å². The zero-order valence-corrected chi connectivity index (χ0v) is 24.0. The molecular formula is C38H22N2S2. The minimum Gasteiger partial charge on any atom is -0.236 e. The van der Waals surface area contributed by atoms with E-state index in [4.69, 9.17) is 10.2 Å². The molecule has 0 aliphatic rings. The quantitative estimate of drug-likeness (QED) is 0.211. The second kappa shape index (κ2) is 10.1. The molecule has 8 rings (SSSR count). The first-order valence-electron chi connectivity index (χ1n) is 13.8. The summed E-state index contributed by atoms with van der Waals surface area (Å²) < 4.78 is 3.81. The largest absolute Gasteiger partial charge is 0.236 e. The van der Waals surface area contributed by atoms with E-state index in [0.717, 1.165) is 38.3 Å². The maximum Gasteiger partial charge on any atom is 0.124 e. The van der Waals surface area contributed by atoms with Crippen LogP contribution in [0.3, 0.4) is 0 Å². The van der Waals surface area contributed by atoms with E-state index < -0.39 is 0 Å². The molecule has 0 aliphatic heterocycles. The summed E-state index contributed by atoms with van der Waals surface area (Å²) in [6, 6.07) is 49.3. The zero-order valence-electron chi connectivity index (χ0n) is 22.4. The van der Waals surface area contributed by atoms with Gasteiger partial charge in [-0.1, -0.05) is 78.9 Å². The Hall–Kier alpha value is -5.08. The van der Waals surface area contributed by atoms with Crippen molar-refractivity contribution in [1.82, 2.24) is 4.98 Å². The number of para-hydroxylation sites is 1. The van der Waals surface area contributed by atoms with Gasteiger partial charge >= 0.3 is 0 Å². The van der Waals surface area contributed by atoms with Crippen LogP contribution in [0.1, 0.15) is 5.56 Å². The highest BCUT2D eigenvalue weighted by molar-refractivity contribution is 7.25. The number of aromatic nitrogens is 1. The first-order valence-corrected chi connectivity index (χ1v) is 15.4. The molecule has 0 bridgehead atoms. The molecule has 0 atom stereocenters. The Kier molecular flexibility index (Phi) is 5.93. The average molecular weight is 571 g/mol. The van der Waals surface area contributed by atoms with Crippen LogP contribution in [0.15, 0.2) is 133 Å². The number of hydrogen-bond donors (Lipinski definition) is 0. The number of nitriles is 1. The Balaban J connectivity index is 1.26. The van der Waals surface area contributed by atoms with Gasteiger partial charge in [-0.15, -0.1) is 22.7 Å². The highest BCUT2D eigenvalue weighted by Crippen LogP contribution is 2.40. The second-order valence-corrected chi connectivity index (χ2v) is 12.5. The number of nitrogens with zero attached hydrogens (tertiary/aromatic N) is 2. The van der Waals surface area contributed by atoms with Crippen molar-refractivity contribution in [3.05, 3.63) is 139 Å². The van der Waals surface area contributed by atoms with Gasteiger partial charge in [-0.25, -0.2) is 4.98 Å². The van der Waals surface area contributed by atoms with Crippen LogP contribution in [0.25, 0.3) is 74.3 Å². The minimum absolute atomic E-state index is 0.670. The number of rotatable bonds is 4. The molecular weight excluding hydrogens is 549 g/mol. The van der Waals surface area contributed by atoms with E-state index in [-0.39, 0.29) is 0 Å². The van der Waals surface area contributed by atoms with Crippen molar-refractivity contribution in [1.29, 1.82) is 5.26 Å². The summed E-state index contributed by atoms with van der Waals surface area (Å²) in [6.07, 6.45) is 0. The van der Waals surface area contributed by atoms with Crippen molar-refractivity contribution in [2.24, 2.45) is 0 Å². The molecule has 2 nitrogen and oxygen atoms in total. The van der Waals surface area contributed by atoms with Gasteiger partial charge in [0.05, 0.1) is 21.8 Å². The number of thiazole rings is 1. The van der Waals surface area contributed by atoms with Gasteiger partial charge in [0.25, 0.3) is 0 Å². The lowest BCUT2D eigenvalue weighted by atomic mass is 9.94.